The van der Waals surface area contributed by atoms with Crippen molar-refractivity contribution in [3.8, 4) is 5.75 Å². The molecule has 0 heterocycles. The van der Waals surface area contributed by atoms with E-state index in [2.05, 4.69) is 0 Å². The number of benzene rings is 1. The first-order chi connectivity index (χ1) is 6.88. The van der Waals surface area contributed by atoms with Crippen LogP contribution in [-0.2, 0) is 5.41 Å². The fraction of sp³-hybridized carbons (Fsp3) is 0.500. The number of hydrogen-bond donors (Lipinski definition) is 2. The molecule has 2 rings (SSSR count). The van der Waals surface area contributed by atoms with Gasteiger partial charge in [0, 0.05) is 16.5 Å². The fourth-order valence-corrected chi connectivity index (χ4v) is 2.05. The van der Waals surface area contributed by atoms with E-state index in [1.165, 1.54) is 6.07 Å². The Hall–Kier alpha value is -1.09. The molecule has 0 aliphatic heterocycles. The van der Waals surface area contributed by atoms with Crippen LogP contribution in [0.25, 0.3) is 0 Å². The number of rotatable bonds is 2. The maximum absolute atomic E-state index is 13.2. The molecule has 1 saturated carbocycles. The summed E-state index contributed by atoms with van der Waals surface area (Å²) in [7, 11) is 0. The number of halogens is 1. The monoisotopic (exact) mass is 209 g/mol. The molecule has 0 unspecified atom stereocenters. The van der Waals surface area contributed by atoms with Crippen LogP contribution in [0.4, 0.5) is 4.39 Å². The molecule has 0 radical (unpaired) electrons. The van der Waals surface area contributed by atoms with Gasteiger partial charge in [0.1, 0.15) is 0 Å². The topological polar surface area (TPSA) is 46.2 Å². The molecule has 0 saturated heterocycles. The summed E-state index contributed by atoms with van der Waals surface area (Å²) in [5.74, 6) is -0.843. The van der Waals surface area contributed by atoms with Gasteiger partial charge in [0.2, 0.25) is 0 Å². The number of hydrogen-bond acceptors (Lipinski definition) is 2. The third kappa shape index (κ3) is 1.42. The van der Waals surface area contributed by atoms with Crippen LogP contribution in [0.2, 0.25) is 0 Å². The smallest absolute Gasteiger partial charge is 0.165 e. The minimum absolute atomic E-state index is 0.265. The number of nitrogens with two attached hydrogens (primary N) is 1. The Labute approximate surface area is 88.9 Å². The molecule has 0 aromatic heterocycles. The normalized spacial score (nSPS) is 18.9. The van der Waals surface area contributed by atoms with Crippen LogP contribution < -0.4 is 5.73 Å². The molecule has 1 fully saturated rings. The van der Waals surface area contributed by atoms with Crippen LogP contribution in [0.1, 0.15) is 32.3 Å². The van der Waals surface area contributed by atoms with Crippen molar-refractivity contribution in [1.82, 2.24) is 0 Å². The van der Waals surface area contributed by atoms with Crippen molar-refractivity contribution >= 4 is 0 Å². The maximum atomic E-state index is 13.2. The Morgan fingerprint density at radius 3 is 2.53 bits per heavy atom. The van der Waals surface area contributed by atoms with E-state index in [1.807, 2.05) is 13.8 Å². The third-order valence-corrected chi connectivity index (χ3v) is 3.69. The van der Waals surface area contributed by atoms with Gasteiger partial charge in [-0.15, -0.1) is 0 Å². The van der Waals surface area contributed by atoms with Crippen LogP contribution in [0.5, 0.6) is 5.75 Å². The lowest BCUT2D eigenvalue weighted by atomic mass is 9.75. The van der Waals surface area contributed by atoms with E-state index in [0.29, 0.717) is 5.56 Å². The van der Waals surface area contributed by atoms with Gasteiger partial charge in [-0.2, -0.15) is 0 Å². The Morgan fingerprint density at radius 1 is 1.40 bits per heavy atom. The van der Waals surface area contributed by atoms with E-state index in [-0.39, 0.29) is 16.7 Å². The summed E-state index contributed by atoms with van der Waals surface area (Å²) in [6.45, 7) is 3.91. The molecule has 0 amide bonds. The maximum Gasteiger partial charge on any atom is 0.165 e. The minimum atomic E-state index is -0.579. The first kappa shape index (κ1) is 10.4. The lowest BCUT2D eigenvalue weighted by molar-refractivity contribution is 0.355. The highest BCUT2D eigenvalue weighted by molar-refractivity contribution is 5.43. The van der Waals surface area contributed by atoms with Crippen LogP contribution in [0, 0.1) is 5.82 Å². The van der Waals surface area contributed by atoms with E-state index in [0.717, 1.165) is 12.8 Å². The first-order valence-electron chi connectivity index (χ1n) is 5.15. The minimum Gasteiger partial charge on any atom is -0.505 e. The summed E-state index contributed by atoms with van der Waals surface area (Å²) >= 11 is 0. The lowest BCUT2D eigenvalue weighted by Gasteiger charge is -2.33. The number of phenolic OH excluding ortho intramolecular Hbond substituents is 1. The van der Waals surface area contributed by atoms with E-state index < -0.39 is 5.82 Å². The van der Waals surface area contributed by atoms with Crippen molar-refractivity contribution in [3.63, 3.8) is 0 Å². The van der Waals surface area contributed by atoms with E-state index in [1.54, 1.807) is 12.1 Å². The van der Waals surface area contributed by atoms with Crippen LogP contribution >= 0.6 is 0 Å². The largest absolute Gasteiger partial charge is 0.505 e. The second-order valence-electron chi connectivity index (χ2n) is 4.92. The number of aromatic hydroxyl groups is 1. The van der Waals surface area contributed by atoms with Gasteiger partial charge < -0.3 is 10.8 Å². The molecule has 0 bridgehead atoms. The van der Waals surface area contributed by atoms with Gasteiger partial charge in [0.15, 0.2) is 11.6 Å². The summed E-state index contributed by atoms with van der Waals surface area (Å²) in [6, 6.07) is 4.61. The predicted octanol–water partition coefficient (Wildman–Crippen LogP) is 2.30. The molecule has 1 aromatic carbocycles. The van der Waals surface area contributed by atoms with Crippen LogP contribution in [-0.4, -0.2) is 10.6 Å². The Bertz CT molecular complexity index is 397. The molecule has 0 atom stereocenters. The SMILES string of the molecule is CC(C)(c1cccc(F)c1O)C1(N)CC1. The third-order valence-electron chi connectivity index (χ3n) is 3.69. The quantitative estimate of drug-likeness (QED) is 0.785. The lowest BCUT2D eigenvalue weighted by Crippen LogP contribution is -2.43. The average Bonchev–Trinajstić information content (AvgIpc) is 2.90. The molecule has 1 aromatic rings. The van der Waals surface area contributed by atoms with Gasteiger partial charge in [-0.1, -0.05) is 26.0 Å². The van der Waals surface area contributed by atoms with Gasteiger partial charge in [-0.3, -0.25) is 0 Å². The summed E-state index contributed by atoms with van der Waals surface area (Å²) < 4.78 is 13.2. The van der Waals surface area contributed by atoms with E-state index in [9.17, 15) is 9.50 Å². The van der Waals surface area contributed by atoms with Gasteiger partial charge in [-0.25, -0.2) is 4.39 Å². The van der Waals surface area contributed by atoms with Gasteiger partial charge in [0.25, 0.3) is 0 Å². The molecule has 0 spiro atoms. The molecule has 3 N–H and O–H groups in total. The molecule has 1 aliphatic rings. The van der Waals surface area contributed by atoms with Gasteiger partial charge in [-0.05, 0) is 18.9 Å². The van der Waals surface area contributed by atoms with Crippen molar-refractivity contribution in [2.75, 3.05) is 0 Å². The first-order valence-corrected chi connectivity index (χ1v) is 5.15. The fourth-order valence-electron chi connectivity index (χ4n) is 2.05. The Morgan fingerprint density at radius 2 is 2.00 bits per heavy atom. The highest BCUT2D eigenvalue weighted by atomic mass is 19.1. The summed E-state index contributed by atoms with van der Waals surface area (Å²) in [5, 5.41) is 9.69. The van der Waals surface area contributed by atoms with Gasteiger partial charge in [0.05, 0.1) is 0 Å². The molecule has 1 aliphatic carbocycles. The average molecular weight is 209 g/mol. The van der Waals surface area contributed by atoms with Crippen molar-refractivity contribution in [2.24, 2.45) is 5.73 Å². The van der Waals surface area contributed by atoms with E-state index in [4.69, 9.17) is 5.73 Å². The second-order valence-corrected chi connectivity index (χ2v) is 4.92. The zero-order valence-corrected chi connectivity index (χ0v) is 9.05. The van der Waals surface area contributed by atoms with Crippen LogP contribution in [0.3, 0.4) is 0 Å². The van der Waals surface area contributed by atoms with E-state index >= 15 is 0 Å². The standard InChI is InChI=1S/C12H16FNO/c1-11(2,12(14)6-7-12)8-4-3-5-9(13)10(8)15/h3-5,15H,6-7,14H2,1-2H3. The zero-order valence-electron chi connectivity index (χ0n) is 9.05. The summed E-state index contributed by atoms with van der Waals surface area (Å²) in [6.07, 6.45) is 1.85. The van der Waals surface area contributed by atoms with Crippen molar-refractivity contribution in [3.05, 3.63) is 29.6 Å². The Kier molecular flexibility index (Phi) is 2.05. The highest BCUT2D eigenvalue weighted by Gasteiger charge is 2.52. The molecule has 15 heavy (non-hydrogen) atoms. The number of para-hydroxylation sites is 1. The van der Waals surface area contributed by atoms with Crippen molar-refractivity contribution in [2.45, 2.75) is 37.6 Å². The summed E-state index contributed by atoms with van der Waals surface area (Å²) in [4.78, 5) is 0. The molecular weight excluding hydrogens is 193 g/mol. The molecule has 2 nitrogen and oxygen atoms in total. The number of phenols is 1. The predicted molar refractivity (Wildman–Crippen MR) is 57.2 cm³/mol. The molecule has 82 valence electrons. The van der Waals surface area contributed by atoms with Crippen LogP contribution in [0.15, 0.2) is 18.2 Å². The van der Waals surface area contributed by atoms with Crippen molar-refractivity contribution < 1.29 is 9.50 Å². The zero-order chi connectivity index (χ0) is 11.3. The summed E-state index contributed by atoms with van der Waals surface area (Å²) in [5.41, 5.74) is 6.06. The molecular formula is C12H16FNO. The second kappa shape index (κ2) is 2.95. The van der Waals surface area contributed by atoms with Gasteiger partial charge >= 0.3 is 0 Å². The molecule has 3 heteroatoms. The van der Waals surface area contributed by atoms with Crippen molar-refractivity contribution in [1.29, 1.82) is 0 Å². The highest BCUT2D eigenvalue weighted by Crippen LogP contribution is 2.51. The Balaban J connectivity index is 2.49.